The minimum absolute atomic E-state index is 0.0968. The third kappa shape index (κ3) is 2.39. The summed E-state index contributed by atoms with van der Waals surface area (Å²) in [6.45, 7) is 0. The van der Waals surface area contributed by atoms with Crippen LogP contribution in [0, 0.1) is 0 Å². The molecule has 0 amide bonds. The quantitative estimate of drug-likeness (QED) is 0.845. The Balaban J connectivity index is 2.63. The van der Waals surface area contributed by atoms with E-state index in [-0.39, 0.29) is 16.5 Å². The van der Waals surface area contributed by atoms with Crippen molar-refractivity contribution in [2.45, 2.75) is 4.90 Å². The predicted octanol–water partition coefficient (Wildman–Crippen LogP) is 0.966. The number of H-pyrrole nitrogens is 1. The number of rotatable bonds is 3. The lowest BCUT2D eigenvalue weighted by Crippen LogP contribution is -1.98. The molecule has 0 aliphatic rings. The molecule has 0 atom stereocenters. The fraction of sp³-hybridized carbons (Fsp3) is 0.111. The van der Waals surface area contributed by atoms with Crippen molar-refractivity contribution in [3.8, 4) is 17.1 Å². The summed E-state index contributed by atoms with van der Waals surface area (Å²) in [5.74, 6) is -0.542. The monoisotopic (exact) mass is 290 g/mol. The number of ether oxygens (including phenoxy) is 1. The van der Waals surface area contributed by atoms with Crippen LogP contribution in [0.5, 0.6) is 5.75 Å². The Bertz CT molecular complexity index is 733. The molecule has 1 heterocycles. The first kappa shape index (κ1) is 12.7. The van der Waals surface area contributed by atoms with E-state index in [1.54, 1.807) is 0 Å². The molecule has 0 aliphatic heterocycles. The smallest absolute Gasteiger partial charge is 0.439 e. The summed E-state index contributed by atoms with van der Waals surface area (Å²) < 4.78 is 32.0. The third-order valence-corrected chi connectivity index (χ3v) is 3.48. The zero-order chi connectivity index (χ0) is 13.3. The molecule has 0 unspecified atom stereocenters. The van der Waals surface area contributed by atoms with Crippen molar-refractivity contribution in [1.82, 2.24) is 10.1 Å². The predicted molar refractivity (Wildman–Crippen MR) is 62.2 cm³/mol. The van der Waals surface area contributed by atoms with Gasteiger partial charge in [0.2, 0.25) is 0 Å². The van der Waals surface area contributed by atoms with Gasteiger partial charge in [-0.15, -0.1) is 0 Å². The zero-order valence-corrected chi connectivity index (χ0v) is 10.6. The standard InChI is InChI=1S/C9H7ClN2O5S/c1-16-6-3-2-5(4-7(6)18(10,14)15)8-11-9(13)17-12-8/h2-4H,1H3,(H,11,12,13). The molecule has 2 rings (SSSR count). The second-order valence-corrected chi connectivity index (χ2v) is 5.78. The van der Waals surface area contributed by atoms with Gasteiger partial charge >= 0.3 is 5.76 Å². The van der Waals surface area contributed by atoms with Crippen LogP contribution in [0.1, 0.15) is 0 Å². The maximum atomic E-state index is 11.4. The maximum absolute atomic E-state index is 11.4. The number of methoxy groups -OCH3 is 1. The van der Waals surface area contributed by atoms with E-state index >= 15 is 0 Å². The number of hydrogen-bond acceptors (Lipinski definition) is 6. The van der Waals surface area contributed by atoms with Gasteiger partial charge in [-0.1, -0.05) is 5.16 Å². The highest BCUT2D eigenvalue weighted by atomic mass is 35.7. The average molecular weight is 291 g/mol. The molecule has 0 saturated carbocycles. The van der Waals surface area contributed by atoms with Crippen LogP contribution < -0.4 is 10.5 Å². The van der Waals surface area contributed by atoms with Crippen molar-refractivity contribution in [2.24, 2.45) is 0 Å². The van der Waals surface area contributed by atoms with Gasteiger partial charge in [-0.3, -0.25) is 9.51 Å². The number of aromatic amines is 1. The number of aromatic nitrogens is 2. The van der Waals surface area contributed by atoms with Crippen LogP contribution in [0.15, 0.2) is 32.4 Å². The molecular formula is C9H7ClN2O5S. The molecule has 0 saturated heterocycles. The summed E-state index contributed by atoms with van der Waals surface area (Å²) in [6, 6.07) is 4.14. The lowest BCUT2D eigenvalue weighted by atomic mass is 10.2. The molecule has 0 spiro atoms. The van der Waals surface area contributed by atoms with Crippen molar-refractivity contribution in [3.05, 3.63) is 28.7 Å². The van der Waals surface area contributed by atoms with Gasteiger partial charge < -0.3 is 4.74 Å². The fourth-order valence-electron chi connectivity index (χ4n) is 1.37. The van der Waals surface area contributed by atoms with Crippen LogP contribution in [-0.2, 0) is 9.05 Å². The lowest BCUT2D eigenvalue weighted by molar-refractivity contribution is 0.387. The van der Waals surface area contributed by atoms with E-state index in [0.29, 0.717) is 5.56 Å². The van der Waals surface area contributed by atoms with Crippen molar-refractivity contribution >= 4 is 19.7 Å². The first-order chi connectivity index (χ1) is 8.41. The second-order valence-electron chi connectivity index (χ2n) is 3.25. The normalized spacial score (nSPS) is 11.4. The van der Waals surface area contributed by atoms with E-state index in [9.17, 15) is 13.2 Å². The number of benzene rings is 1. The molecule has 2 aromatic rings. The average Bonchev–Trinajstić information content (AvgIpc) is 2.74. The third-order valence-electron chi connectivity index (χ3n) is 2.14. The molecule has 0 fully saturated rings. The maximum Gasteiger partial charge on any atom is 0.439 e. The SMILES string of the molecule is COc1ccc(-c2noc(=O)[nH]2)cc1S(=O)(=O)Cl. The number of nitrogens with zero attached hydrogens (tertiary/aromatic N) is 1. The van der Waals surface area contributed by atoms with Crippen molar-refractivity contribution < 1.29 is 17.7 Å². The molecular weight excluding hydrogens is 284 g/mol. The minimum atomic E-state index is -3.97. The van der Waals surface area contributed by atoms with E-state index in [2.05, 4.69) is 14.7 Å². The molecule has 0 radical (unpaired) electrons. The first-order valence-corrected chi connectivity index (χ1v) is 6.92. The molecule has 18 heavy (non-hydrogen) atoms. The molecule has 7 nitrogen and oxygen atoms in total. The van der Waals surface area contributed by atoms with Crippen LogP contribution in [0.2, 0.25) is 0 Å². The van der Waals surface area contributed by atoms with Crippen molar-refractivity contribution in [3.63, 3.8) is 0 Å². The summed E-state index contributed by atoms with van der Waals surface area (Å²) in [7, 11) is 2.63. The summed E-state index contributed by atoms with van der Waals surface area (Å²) in [5.41, 5.74) is 0.334. The van der Waals surface area contributed by atoms with Gasteiger partial charge in [-0.2, -0.15) is 0 Å². The highest BCUT2D eigenvalue weighted by molar-refractivity contribution is 8.13. The topological polar surface area (TPSA) is 102 Å². The summed E-state index contributed by atoms with van der Waals surface area (Å²) in [5, 5.41) is 3.44. The van der Waals surface area contributed by atoms with E-state index < -0.39 is 14.8 Å². The lowest BCUT2D eigenvalue weighted by Gasteiger charge is -2.06. The fourth-order valence-corrected chi connectivity index (χ4v) is 2.39. The molecule has 96 valence electrons. The second kappa shape index (κ2) is 4.46. The number of halogens is 1. The summed E-state index contributed by atoms with van der Waals surface area (Å²) in [4.78, 5) is 12.9. The van der Waals surface area contributed by atoms with Crippen LogP contribution in [0.3, 0.4) is 0 Å². The van der Waals surface area contributed by atoms with Gasteiger partial charge in [0.05, 0.1) is 7.11 Å². The van der Waals surface area contributed by atoms with Gasteiger partial charge in [0.1, 0.15) is 10.6 Å². The zero-order valence-electron chi connectivity index (χ0n) is 9.01. The Labute approximate surface area is 106 Å². The van der Waals surface area contributed by atoms with Crippen LogP contribution in [0.25, 0.3) is 11.4 Å². The summed E-state index contributed by atoms with van der Waals surface area (Å²) >= 11 is 0. The van der Waals surface area contributed by atoms with E-state index in [1.807, 2.05) is 0 Å². The molecule has 9 heteroatoms. The van der Waals surface area contributed by atoms with Crippen LogP contribution in [-0.4, -0.2) is 25.7 Å². The van der Waals surface area contributed by atoms with Crippen LogP contribution >= 0.6 is 10.7 Å². The van der Waals surface area contributed by atoms with Crippen molar-refractivity contribution in [2.75, 3.05) is 7.11 Å². The highest BCUT2D eigenvalue weighted by Gasteiger charge is 2.18. The molecule has 0 bridgehead atoms. The Morgan fingerprint density at radius 1 is 1.44 bits per heavy atom. The van der Waals surface area contributed by atoms with Gasteiger partial charge in [0.15, 0.2) is 5.82 Å². The molecule has 1 aromatic heterocycles. The van der Waals surface area contributed by atoms with Crippen molar-refractivity contribution in [1.29, 1.82) is 0 Å². The Morgan fingerprint density at radius 2 is 2.17 bits per heavy atom. The molecule has 0 aliphatic carbocycles. The van der Waals surface area contributed by atoms with Gasteiger partial charge in [0.25, 0.3) is 9.05 Å². The van der Waals surface area contributed by atoms with E-state index in [4.69, 9.17) is 15.4 Å². The van der Waals surface area contributed by atoms with Gasteiger partial charge in [-0.05, 0) is 18.2 Å². The van der Waals surface area contributed by atoms with Crippen LogP contribution in [0.4, 0.5) is 0 Å². The van der Waals surface area contributed by atoms with Gasteiger partial charge in [-0.25, -0.2) is 13.2 Å². The summed E-state index contributed by atoms with van der Waals surface area (Å²) in [6.07, 6.45) is 0. The minimum Gasteiger partial charge on any atom is -0.495 e. The molecule has 1 aromatic carbocycles. The largest absolute Gasteiger partial charge is 0.495 e. The van der Waals surface area contributed by atoms with Gasteiger partial charge in [0, 0.05) is 16.2 Å². The van der Waals surface area contributed by atoms with E-state index in [0.717, 1.165) is 0 Å². The Hall–Kier alpha value is -1.80. The van der Waals surface area contributed by atoms with E-state index in [1.165, 1.54) is 25.3 Å². The first-order valence-electron chi connectivity index (χ1n) is 4.61. The highest BCUT2D eigenvalue weighted by Crippen LogP contribution is 2.30. The Kier molecular flexibility index (Phi) is 3.14. The Morgan fingerprint density at radius 3 is 2.67 bits per heavy atom. The molecule has 1 N–H and O–H groups in total. The number of nitrogens with one attached hydrogen (secondary N) is 1. The number of hydrogen-bond donors (Lipinski definition) is 1.